The summed E-state index contributed by atoms with van der Waals surface area (Å²) in [5.74, 6) is 0.859. The third-order valence-electron chi connectivity index (χ3n) is 3.40. The molecule has 0 aliphatic rings. The van der Waals surface area contributed by atoms with Crippen LogP contribution in [0.5, 0.6) is 0 Å². The fourth-order valence-corrected chi connectivity index (χ4v) is 2.06. The molecule has 21 heavy (non-hydrogen) atoms. The van der Waals surface area contributed by atoms with Gasteiger partial charge in [0, 0.05) is 24.9 Å². The molecule has 120 valence electrons. The third-order valence-corrected chi connectivity index (χ3v) is 4.65. The molecule has 0 unspecified atom stereocenters. The van der Waals surface area contributed by atoms with Crippen molar-refractivity contribution < 1.29 is 0 Å². The van der Waals surface area contributed by atoms with Crippen LogP contribution in [0.3, 0.4) is 0 Å². The number of halogens is 1. The lowest BCUT2D eigenvalue weighted by atomic mass is 10.1. The average molecular weight is 421 g/mol. The molecule has 0 heterocycles. The Kier molecular flexibility index (Phi) is 10.1. The highest BCUT2D eigenvalue weighted by Gasteiger charge is 2.16. The number of nitrogens with one attached hydrogen (secondary N) is 2. The minimum Gasteiger partial charge on any atom is -0.355 e. The molecule has 0 amide bonds. The van der Waals surface area contributed by atoms with Gasteiger partial charge in [-0.3, -0.25) is 4.99 Å². The highest BCUT2D eigenvalue weighted by atomic mass is 127. The number of nitrogens with zero attached hydrogens (tertiary/aromatic N) is 1. The highest BCUT2D eigenvalue weighted by molar-refractivity contribution is 14.0. The summed E-state index contributed by atoms with van der Waals surface area (Å²) in [6, 6.07) is 8.54. The van der Waals surface area contributed by atoms with Crippen LogP contribution in [0.4, 0.5) is 0 Å². The molecule has 1 aromatic rings. The monoisotopic (exact) mass is 421 g/mol. The van der Waals surface area contributed by atoms with Crippen molar-refractivity contribution in [1.29, 1.82) is 0 Å². The summed E-state index contributed by atoms with van der Waals surface area (Å²) in [5, 5.41) is 6.77. The van der Waals surface area contributed by atoms with Gasteiger partial charge in [-0.2, -0.15) is 11.8 Å². The number of aryl methyl sites for hydroxylation is 1. The first-order valence-corrected chi connectivity index (χ1v) is 8.31. The zero-order valence-corrected chi connectivity index (χ0v) is 16.8. The number of aliphatic imine (C=N–C) groups is 1. The van der Waals surface area contributed by atoms with Crippen LogP contribution in [-0.4, -0.2) is 30.6 Å². The smallest absolute Gasteiger partial charge is 0.191 e. The summed E-state index contributed by atoms with van der Waals surface area (Å²) in [5.41, 5.74) is 2.72. The van der Waals surface area contributed by atoms with E-state index in [4.69, 9.17) is 0 Å². The number of benzene rings is 1. The normalized spacial score (nSPS) is 11.8. The van der Waals surface area contributed by atoms with Crippen LogP contribution in [-0.2, 0) is 13.0 Å². The van der Waals surface area contributed by atoms with Crippen LogP contribution < -0.4 is 10.6 Å². The van der Waals surface area contributed by atoms with Gasteiger partial charge in [0.1, 0.15) is 0 Å². The van der Waals surface area contributed by atoms with E-state index in [1.807, 2.05) is 18.8 Å². The van der Waals surface area contributed by atoms with Gasteiger partial charge < -0.3 is 10.6 Å². The number of thioether (sulfide) groups is 1. The van der Waals surface area contributed by atoms with E-state index in [-0.39, 0.29) is 28.7 Å². The molecule has 0 aliphatic carbocycles. The Bertz CT molecular complexity index is 447. The van der Waals surface area contributed by atoms with Gasteiger partial charge in [-0.05, 0) is 37.7 Å². The Hall–Kier alpha value is -0.430. The van der Waals surface area contributed by atoms with Gasteiger partial charge in [0.15, 0.2) is 5.96 Å². The zero-order valence-electron chi connectivity index (χ0n) is 13.7. The van der Waals surface area contributed by atoms with Crippen molar-refractivity contribution in [3.8, 4) is 0 Å². The number of guanidine groups is 1. The summed E-state index contributed by atoms with van der Waals surface area (Å²) in [4.78, 5) is 4.28. The fraction of sp³-hybridized carbons (Fsp3) is 0.562. The first-order valence-electron chi connectivity index (χ1n) is 7.09. The molecule has 0 aliphatic heterocycles. The van der Waals surface area contributed by atoms with E-state index >= 15 is 0 Å². The van der Waals surface area contributed by atoms with Crippen molar-refractivity contribution in [1.82, 2.24) is 10.6 Å². The maximum Gasteiger partial charge on any atom is 0.191 e. The predicted octanol–water partition coefficient (Wildman–Crippen LogP) is 3.67. The second kappa shape index (κ2) is 10.3. The number of rotatable bonds is 6. The number of hydrogen-bond donors (Lipinski definition) is 2. The standard InChI is InChI=1S/C16H27N3S.HI/c1-6-13-9-7-8-10-14(13)11-18-15(17-4)19-12-16(2,3)20-5;/h7-10H,6,11-12H2,1-5H3,(H2,17,18,19);1H. The Morgan fingerprint density at radius 1 is 1.19 bits per heavy atom. The lowest BCUT2D eigenvalue weighted by Crippen LogP contribution is -2.43. The summed E-state index contributed by atoms with van der Waals surface area (Å²) < 4.78 is 0.207. The first kappa shape index (κ1) is 20.6. The van der Waals surface area contributed by atoms with Crippen molar-refractivity contribution in [2.75, 3.05) is 19.8 Å². The van der Waals surface area contributed by atoms with E-state index in [1.54, 1.807) is 0 Å². The van der Waals surface area contributed by atoms with Crippen LogP contribution in [0.1, 0.15) is 31.9 Å². The number of hydrogen-bond acceptors (Lipinski definition) is 2. The molecule has 2 N–H and O–H groups in total. The van der Waals surface area contributed by atoms with Crippen LogP contribution >= 0.6 is 35.7 Å². The molecular weight excluding hydrogens is 393 g/mol. The first-order chi connectivity index (χ1) is 9.52. The molecule has 3 nitrogen and oxygen atoms in total. The Morgan fingerprint density at radius 3 is 2.33 bits per heavy atom. The van der Waals surface area contributed by atoms with Crippen molar-refractivity contribution in [3.63, 3.8) is 0 Å². The third kappa shape index (κ3) is 7.40. The molecule has 0 spiro atoms. The van der Waals surface area contributed by atoms with Crippen molar-refractivity contribution in [2.24, 2.45) is 4.99 Å². The second-order valence-corrected chi connectivity index (χ2v) is 6.88. The van der Waals surface area contributed by atoms with E-state index in [0.29, 0.717) is 0 Å². The van der Waals surface area contributed by atoms with Crippen molar-refractivity contribution >= 4 is 41.7 Å². The van der Waals surface area contributed by atoms with Gasteiger partial charge in [-0.1, -0.05) is 31.2 Å². The van der Waals surface area contributed by atoms with Crippen molar-refractivity contribution in [3.05, 3.63) is 35.4 Å². The van der Waals surface area contributed by atoms with Gasteiger partial charge in [0.05, 0.1) is 0 Å². The van der Waals surface area contributed by atoms with Crippen LogP contribution in [0.2, 0.25) is 0 Å². The summed E-state index contributed by atoms with van der Waals surface area (Å²) >= 11 is 1.85. The maximum atomic E-state index is 4.28. The molecule has 0 fully saturated rings. The molecule has 0 aromatic heterocycles. The molecule has 5 heteroatoms. The average Bonchev–Trinajstić information content (AvgIpc) is 2.47. The van der Waals surface area contributed by atoms with E-state index in [0.717, 1.165) is 25.5 Å². The van der Waals surface area contributed by atoms with Gasteiger partial charge in [0.25, 0.3) is 0 Å². The topological polar surface area (TPSA) is 36.4 Å². The zero-order chi connectivity index (χ0) is 15.0. The molecule has 0 radical (unpaired) electrons. The Morgan fingerprint density at radius 2 is 1.81 bits per heavy atom. The minimum absolute atomic E-state index is 0. The maximum absolute atomic E-state index is 4.28. The second-order valence-electron chi connectivity index (χ2n) is 5.37. The summed E-state index contributed by atoms with van der Waals surface area (Å²) in [6.45, 7) is 8.34. The van der Waals surface area contributed by atoms with E-state index in [1.165, 1.54) is 11.1 Å². The Balaban J connectivity index is 0.00000400. The quantitative estimate of drug-likeness (QED) is 0.418. The molecule has 0 atom stereocenters. The largest absolute Gasteiger partial charge is 0.355 e. The van der Waals surface area contributed by atoms with Gasteiger partial charge >= 0.3 is 0 Å². The highest BCUT2D eigenvalue weighted by Crippen LogP contribution is 2.19. The molecule has 1 aromatic carbocycles. The predicted molar refractivity (Wildman–Crippen MR) is 107 cm³/mol. The Labute approximate surface area is 150 Å². The minimum atomic E-state index is 0. The summed E-state index contributed by atoms with van der Waals surface area (Å²) in [6.07, 6.45) is 3.19. The summed E-state index contributed by atoms with van der Waals surface area (Å²) in [7, 11) is 1.81. The van der Waals surface area contributed by atoms with Gasteiger partial charge in [0.2, 0.25) is 0 Å². The molecule has 0 bridgehead atoms. The molecule has 0 saturated heterocycles. The molecular formula is C16H28IN3S. The fourth-order valence-electron chi connectivity index (χ4n) is 1.84. The van der Waals surface area contributed by atoms with Gasteiger partial charge in [-0.25, -0.2) is 0 Å². The van der Waals surface area contributed by atoms with Gasteiger partial charge in [-0.15, -0.1) is 24.0 Å². The SMILES string of the molecule is CCc1ccccc1CNC(=NC)NCC(C)(C)SC.I. The molecule has 0 saturated carbocycles. The van der Waals surface area contributed by atoms with Crippen LogP contribution in [0, 0.1) is 0 Å². The van der Waals surface area contributed by atoms with E-state index in [9.17, 15) is 0 Å². The van der Waals surface area contributed by atoms with Crippen LogP contribution in [0.25, 0.3) is 0 Å². The van der Waals surface area contributed by atoms with E-state index in [2.05, 4.69) is 66.9 Å². The van der Waals surface area contributed by atoms with Crippen molar-refractivity contribution in [2.45, 2.75) is 38.5 Å². The lowest BCUT2D eigenvalue weighted by molar-refractivity contribution is 0.664. The van der Waals surface area contributed by atoms with Crippen LogP contribution in [0.15, 0.2) is 29.3 Å². The van der Waals surface area contributed by atoms with E-state index < -0.39 is 0 Å². The molecule has 1 rings (SSSR count). The lowest BCUT2D eigenvalue weighted by Gasteiger charge is -2.24.